The van der Waals surface area contributed by atoms with Gasteiger partial charge in [0.15, 0.2) is 4.96 Å². The van der Waals surface area contributed by atoms with Crippen molar-refractivity contribution in [2.24, 2.45) is 5.41 Å². The number of hydrogen-bond donors (Lipinski definition) is 1. The molecule has 1 N–H and O–H groups in total. The third-order valence-corrected chi connectivity index (χ3v) is 4.59. The SMILES string of the molecule is CN(CC(C)(C)C)C(=O)c1cn2c(nc3ccc(CO)cc32)s1. The van der Waals surface area contributed by atoms with Crippen LogP contribution in [0.15, 0.2) is 24.4 Å². The maximum absolute atomic E-state index is 12.6. The second-order valence-electron chi connectivity index (χ2n) is 7.06. The number of aliphatic hydroxyl groups is 1. The van der Waals surface area contributed by atoms with Crippen LogP contribution in [-0.2, 0) is 6.61 Å². The Morgan fingerprint density at radius 2 is 2.13 bits per heavy atom. The van der Waals surface area contributed by atoms with Crippen molar-refractivity contribution in [1.82, 2.24) is 14.3 Å². The third kappa shape index (κ3) is 3.09. The predicted molar refractivity (Wildman–Crippen MR) is 92.9 cm³/mol. The summed E-state index contributed by atoms with van der Waals surface area (Å²) in [6, 6.07) is 5.67. The van der Waals surface area contributed by atoms with Crippen molar-refractivity contribution >= 4 is 33.2 Å². The molecule has 0 bridgehead atoms. The molecular weight excluding hydrogens is 310 g/mol. The molecule has 0 fully saturated rings. The summed E-state index contributed by atoms with van der Waals surface area (Å²) < 4.78 is 1.93. The molecule has 0 aliphatic carbocycles. The van der Waals surface area contributed by atoms with Crippen molar-refractivity contribution < 1.29 is 9.90 Å². The molecule has 3 aromatic rings. The second kappa shape index (κ2) is 5.62. The molecule has 2 heterocycles. The van der Waals surface area contributed by atoms with E-state index >= 15 is 0 Å². The van der Waals surface area contributed by atoms with Crippen LogP contribution in [-0.4, -0.2) is 38.9 Å². The van der Waals surface area contributed by atoms with E-state index in [2.05, 4.69) is 25.8 Å². The van der Waals surface area contributed by atoms with Gasteiger partial charge in [0.05, 0.1) is 17.6 Å². The summed E-state index contributed by atoms with van der Waals surface area (Å²) in [6.07, 6.45) is 1.85. The van der Waals surface area contributed by atoms with E-state index in [0.29, 0.717) is 11.4 Å². The van der Waals surface area contributed by atoms with Gasteiger partial charge in [0.25, 0.3) is 5.91 Å². The molecule has 0 saturated heterocycles. The predicted octanol–water partition coefficient (Wildman–Crippen LogP) is 3.16. The minimum absolute atomic E-state index is 0.00653. The number of benzene rings is 1. The van der Waals surface area contributed by atoms with E-state index in [1.54, 1.807) is 4.90 Å². The number of carbonyl (C=O) groups is 1. The van der Waals surface area contributed by atoms with E-state index in [1.165, 1.54) is 11.3 Å². The van der Waals surface area contributed by atoms with Crippen LogP contribution < -0.4 is 0 Å². The minimum atomic E-state index is -0.00653. The molecule has 5 nitrogen and oxygen atoms in total. The number of amides is 1. The van der Waals surface area contributed by atoms with Gasteiger partial charge in [-0.15, -0.1) is 0 Å². The van der Waals surface area contributed by atoms with Gasteiger partial charge in [-0.2, -0.15) is 0 Å². The topological polar surface area (TPSA) is 57.8 Å². The van der Waals surface area contributed by atoms with Gasteiger partial charge in [0.2, 0.25) is 0 Å². The van der Waals surface area contributed by atoms with Gasteiger partial charge in [0, 0.05) is 19.8 Å². The quantitative estimate of drug-likeness (QED) is 0.802. The highest BCUT2D eigenvalue weighted by molar-refractivity contribution is 7.18. The fraction of sp³-hybridized carbons (Fsp3) is 0.412. The first kappa shape index (κ1) is 16.0. The van der Waals surface area contributed by atoms with Crippen LogP contribution in [0, 0.1) is 5.41 Å². The van der Waals surface area contributed by atoms with Gasteiger partial charge in [-0.3, -0.25) is 9.20 Å². The van der Waals surface area contributed by atoms with E-state index in [-0.39, 0.29) is 17.9 Å². The zero-order valence-electron chi connectivity index (χ0n) is 13.8. The number of aromatic nitrogens is 2. The molecule has 0 saturated carbocycles. The van der Waals surface area contributed by atoms with Gasteiger partial charge in [0.1, 0.15) is 4.88 Å². The highest BCUT2D eigenvalue weighted by atomic mass is 32.1. The van der Waals surface area contributed by atoms with Gasteiger partial charge in [-0.1, -0.05) is 38.2 Å². The monoisotopic (exact) mass is 331 g/mol. The number of imidazole rings is 1. The molecule has 0 spiro atoms. The Morgan fingerprint density at radius 3 is 2.78 bits per heavy atom. The zero-order chi connectivity index (χ0) is 16.8. The van der Waals surface area contributed by atoms with Crippen molar-refractivity contribution in [3.05, 3.63) is 34.8 Å². The van der Waals surface area contributed by atoms with Crippen molar-refractivity contribution in [1.29, 1.82) is 0 Å². The fourth-order valence-electron chi connectivity index (χ4n) is 2.72. The average molecular weight is 331 g/mol. The number of carbonyl (C=O) groups excluding carboxylic acids is 1. The highest BCUT2D eigenvalue weighted by Gasteiger charge is 2.21. The molecule has 23 heavy (non-hydrogen) atoms. The third-order valence-electron chi connectivity index (χ3n) is 3.62. The van der Waals surface area contributed by atoms with Crippen molar-refractivity contribution in [3.8, 4) is 0 Å². The number of aliphatic hydroxyl groups excluding tert-OH is 1. The molecule has 122 valence electrons. The normalized spacial score (nSPS) is 12.2. The molecule has 0 radical (unpaired) electrons. The van der Waals surface area contributed by atoms with E-state index in [4.69, 9.17) is 0 Å². The Kier molecular flexibility index (Phi) is 3.90. The summed E-state index contributed by atoms with van der Waals surface area (Å²) in [5.41, 5.74) is 2.68. The molecule has 0 aliphatic rings. The van der Waals surface area contributed by atoms with Crippen LogP contribution in [0.3, 0.4) is 0 Å². The fourth-order valence-corrected chi connectivity index (χ4v) is 3.72. The zero-order valence-corrected chi connectivity index (χ0v) is 14.6. The molecule has 0 aliphatic heterocycles. The summed E-state index contributed by atoms with van der Waals surface area (Å²) in [5, 5.41) is 9.29. The maximum Gasteiger partial charge on any atom is 0.265 e. The summed E-state index contributed by atoms with van der Waals surface area (Å²) in [6.45, 7) is 7.03. The number of nitrogens with zero attached hydrogens (tertiary/aromatic N) is 3. The van der Waals surface area contributed by atoms with Gasteiger partial charge >= 0.3 is 0 Å². The van der Waals surface area contributed by atoms with Gasteiger partial charge in [-0.25, -0.2) is 4.98 Å². The number of thiazole rings is 1. The Balaban J connectivity index is 1.98. The lowest BCUT2D eigenvalue weighted by Crippen LogP contribution is -2.34. The molecule has 1 amide bonds. The number of hydrogen-bond acceptors (Lipinski definition) is 4. The molecule has 3 rings (SSSR count). The van der Waals surface area contributed by atoms with Crippen LogP contribution in [0.25, 0.3) is 16.0 Å². The molecular formula is C17H21N3O2S. The summed E-state index contributed by atoms with van der Waals surface area (Å²) in [4.78, 5) is 20.4. The van der Waals surface area contributed by atoms with Crippen molar-refractivity contribution in [2.45, 2.75) is 27.4 Å². The first-order valence-corrected chi connectivity index (χ1v) is 8.37. The molecule has 0 unspecified atom stereocenters. The lowest BCUT2D eigenvalue weighted by atomic mass is 9.96. The highest BCUT2D eigenvalue weighted by Crippen LogP contribution is 2.26. The largest absolute Gasteiger partial charge is 0.392 e. The molecule has 2 aromatic heterocycles. The summed E-state index contributed by atoms with van der Waals surface area (Å²) in [5.74, 6) is 0.0156. The lowest BCUT2D eigenvalue weighted by molar-refractivity contribution is 0.0750. The Bertz CT molecular complexity index is 873. The minimum Gasteiger partial charge on any atom is -0.392 e. The van der Waals surface area contributed by atoms with Crippen molar-refractivity contribution in [2.75, 3.05) is 13.6 Å². The van der Waals surface area contributed by atoms with Crippen LogP contribution in [0.1, 0.15) is 36.0 Å². The smallest absolute Gasteiger partial charge is 0.265 e. The van der Waals surface area contributed by atoms with E-state index in [9.17, 15) is 9.90 Å². The maximum atomic E-state index is 12.6. The lowest BCUT2D eigenvalue weighted by Gasteiger charge is -2.26. The van der Waals surface area contributed by atoms with Crippen molar-refractivity contribution in [3.63, 3.8) is 0 Å². The first-order valence-electron chi connectivity index (χ1n) is 7.55. The standard InChI is InChI=1S/C17H21N3O2S/c1-17(2,3)10-19(4)15(22)14-8-20-13-7-11(9-21)5-6-12(13)18-16(20)23-14/h5-8,21H,9-10H2,1-4H3. The Labute approximate surface area is 139 Å². The van der Waals surface area contributed by atoms with Crippen LogP contribution in [0.5, 0.6) is 0 Å². The Morgan fingerprint density at radius 1 is 1.39 bits per heavy atom. The number of rotatable bonds is 3. The summed E-state index contributed by atoms with van der Waals surface area (Å²) in [7, 11) is 1.83. The van der Waals surface area contributed by atoms with E-state index in [0.717, 1.165) is 21.6 Å². The van der Waals surface area contributed by atoms with Crippen LogP contribution >= 0.6 is 11.3 Å². The summed E-state index contributed by atoms with van der Waals surface area (Å²) >= 11 is 1.40. The average Bonchev–Trinajstić information content (AvgIpc) is 3.01. The first-order chi connectivity index (χ1) is 10.8. The second-order valence-corrected chi connectivity index (χ2v) is 8.07. The van der Waals surface area contributed by atoms with E-state index in [1.807, 2.05) is 35.8 Å². The Hall–Kier alpha value is -1.92. The van der Waals surface area contributed by atoms with Crippen LogP contribution in [0.4, 0.5) is 0 Å². The van der Waals surface area contributed by atoms with E-state index < -0.39 is 0 Å². The van der Waals surface area contributed by atoms with Gasteiger partial charge < -0.3 is 10.0 Å². The van der Waals surface area contributed by atoms with Gasteiger partial charge in [-0.05, 0) is 23.1 Å². The molecule has 6 heteroatoms. The molecule has 0 atom stereocenters. The van der Waals surface area contributed by atoms with Crippen LogP contribution in [0.2, 0.25) is 0 Å². The molecule has 1 aromatic carbocycles. The number of fused-ring (bicyclic) bond motifs is 3.